The molecule has 1 aliphatic heterocycles. The molecule has 0 fully saturated rings. The average Bonchev–Trinajstić information content (AvgIpc) is 3.52. The lowest BCUT2D eigenvalue weighted by atomic mass is 9.95. The first kappa shape index (κ1) is 33.2. The number of aliphatic imine (C=N–C) groups is 1. The van der Waals surface area contributed by atoms with Crippen LogP contribution in [0.15, 0.2) is 162 Å². The second-order valence-electron chi connectivity index (χ2n) is 13.9. The molecule has 0 amide bonds. The van der Waals surface area contributed by atoms with Gasteiger partial charge >= 0.3 is 0 Å². The van der Waals surface area contributed by atoms with Crippen molar-refractivity contribution in [3.63, 3.8) is 0 Å². The van der Waals surface area contributed by atoms with Crippen molar-refractivity contribution in [1.29, 1.82) is 0 Å². The lowest BCUT2D eigenvalue weighted by Gasteiger charge is -2.30. The van der Waals surface area contributed by atoms with Crippen LogP contribution in [0.2, 0.25) is 0 Å². The molecule has 1 aliphatic rings. The van der Waals surface area contributed by atoms with Crippen LogP contribution in [0.3, 0.4) is 0 Å². The molecule has 7 aromatic rings. The number of para-hydroxylation sites is 6. The Bertz CT molecular complexity index is 2430. The highest BCUT2D eigenvalue weighted by Crippen LogP contribution is 2.43. The molecule has 6 aromatic carbocycles. The van der Waals surface area contributed by atoms with Gasteiger partial charge in [-0.15, -0.1) is 0 Å². The second-order valence-corrected chi connectivity index (χ2v) is 13.9. The van der Waals surface area contributed by atoms with Crippen LogP contribution in [0.4, 0.5) is 17.1 Å². The van der Waals surface area contributed by atoms with Crippen molar-refractivity contribution in [2.45, 2.75) is 52.9 Å². The van der Waals surface area contributed by atoms with Gasteiger partial charge < -0.3 is 4.90 Å². The third kappa shape index (κ3) is 6.26. The molecule has 1 aromatic heterocycles. The Morgan fingerprint density at radius 2 is 1.37 bits per heavy atom. The molecule has 1 unspecified atom stereocenters. The minimum absolute atomic E-state index is 0.415. The van der Waals surface area contributed by atoms with Gasteiger partial charge in [0.2, 0.25) is 0 Å². The number of rotatable bonds is 8. The van der Waals surface area contributed by atoms with Crippen molar-refractivity contribution in [2.75, 3.05) is 4.90 Å². The maximum atomic E-state index is 5.35. The third-order valence-electron chi connectivity index (χ3n) is 10.5. The highest BCUT2D eigenvalue weighted by Gasteiger charge is 2.26. The molecule has 0 N–H and O–H groups in total. The predicted octanol–water partition coefficient (Wildman–Crippen LogP) is 12.9. The van der Waals surface area contributed by atoms with Gasteiger partial charge in [-0.3, -0.25) is 9.56 Å². The Kier molecular flexibility index (Phi) is 9.13. The Balaban J connectivity index is 1.40. The van der Waals surface area contributed by atoms with Gasteiger partial charge in [0.25, 0.3) is 0 Å². The van der Waals surface area contributed by atoms with Crippen molar-refractivity contribution < 1.29 is 0 Å². The first-order chi connectivity index (χ1) is 25.5. The van der Waals surface area contributed by atoms with E-state index in [4.69, 9.17) is 9.98 Å². The van der Waals surface area contributed by atoms with E-state index in [0.29, 0.717) is 5.92 Å². The van der Waals surface area contributed by atoms with Crippen molar-refractivity contribution in [1.82, 2.24) is 9.55 Å². The summed E-state index contributed by atoms with van der Waals surface area (Å²) >= 11 is 0. The fourth-order valence-electron chi connectivity index (χ4n) is 7.54. The summed E-state index contributed by atoms with van der Waals surface area (Å²) in [6.45, 7) is 8.97. The highest BCUT2D eigenvalue weighted by atomic mass is 15.2. The van der Waals surface area contributed by atoms with Crippen molar-refractivity contribution in [3.05, 3.63) is 179 Å². The minimum atomic E-state index is 0.415. The Hall–Kier alpha value is -6.00. The third-order valence-corrected chi connectivity index (χ3v) is 10.5. The molecular weight excluding hydrogens is 633 g/mol. The summed E-state index contributed by atoms with van der Waals surface area (Å²) < 4.78 is 2.29. The predicted molar refractivity (Wildman–Crippen MR) is 219 cm³/mol. The van der Waals surface area contributed by atoms with E-state index < -0.39 is 0 Å². The molecule has 4 nitrogen and oxygen atoms in total. The number of hydrogen-bond donors (Lipinski definition) is 0. The number of aromatic nitrogens is 2. The Morgan fingerprint density at radius 1 is 0.712 bits per heavy atom. The summed E-state index contributed by atoms with van der Waals surface area (Å²) in [6.07, 6.45) is 3.01. The molecule has 0 bridgehead atoms. The van der Waals surface area contributed by atoms with Gasteiger partial charge in [0, 0.05) is 28.3 Å². The summed E-state index contributed by atoms with van der Waals surface area (Å²) in [5.41, 5.74) is 15.9. The summed E-state index contributed by atoms with van der Waals surface area (Å²) in [6, 6.07) is 54.2. The van der Waals surface area contributed by atoms with Crippen LogP contribution < -0.4 is 4.90 Å². The molecule has 52 heavy (non-hydrogen) atoms. The van der Waals surface area contributed by atoms with Crippen LogP contribution in [0.1, 0.15) is 68.7 Å². The van der Waals surface area contributed by atoms with Crippen molar-refractivity contribution in [3.8, 4) is 17.1 Å². The van der Waals surface area contributed by atoms with E-state index in [2.05, 4.69) is 189 Å². The summed E-state index contributed by atoms with van der Waals surface area (Å²) in [5.74, 6) is 1.32. The minimum Gasteiger partial charge on any atom is -0.310 e. The SMILES string of the molecule is CCC(C)c1ccccc1N=C(C)c1cc(C2=C(C)CCc3ccccc3N2c2ccccc2)cc(-c2nc3ccccc3n2-c2ccccc2)c1. The molecule has 8 rings (SSSR count). The lowest BCUT2D eigenvalue weighted by Crippen LogP contribution is -2.17. The van der Waals surface area contributed by atoms with Crippen LogP contribution in [0.5, 0.6) is 0 Å². The van der Waals surface area contributed by atoms with E-state index in [0.717, 1.165) is 75.6 Å². The van der Waals surface area contributed by atoms with E-state index >= 15 is 0 Å². The van der Waals surface area contributed by atoms with Crippen LogP contribution >= 0.6 is 0 Å². The Morgan fingerprint density at radius 3 is 2.15 bits per heavy atom. The molecule has 1 atom stereocenters. The standard InChI is InChI=1S/C48H44N4/c1-5-33(2)42-23-13-14-24-43(42)49-35(4)37-30-38(47-34(3)28-29-36-18-12-16-26-45(36)51(47)40-19-8-6-9-20-40)32-39(31-37)48-50-44-25-15-17-27-46(44)52(48)41-21-10-7-11-22-41/h6-27,30-33H,5,28-29H2,1-4H3. The zero-order valence-electron chi connectivity index (χ0n) is 30.4. The molecule has 0 aliphatic carbocycles. The normalized spacial score (nSPS) is 14.0. The number of imidazole rings is 1. The zero-order chi connectivity index (χ0) is 35.6. The number of benzene rings is 6. The zero-order valence-corrected chi connectivity index (χ0v) is 30.4. The number of anilines is 2. The highest BCUT2D eigenvalue weighted by molar-refractivity contribution is 6.03. The number of hydrogen-bond acceptors (Lipinski definition) is 3. The maximum absolute atomic E-state index is 5.35. The number of allylic oxidation sites excluding steroid dienone is 1. The summed E-state index contributed by atoms with van der Waals surface area (Å²) in [4.78, 5) is 13.1. The number of nitrogens with zero attached hydrogens (tertiary/aromatic N) is 4. The van der Waals surface area contributed by atoms with Crippen molar-refractivity contribution >= 4 is 39.5 Å². The largest absolute Gasteiger partial charge is 0.310 e. The Labute approximate surface area is 307 Å². The second kappa shape index (κ2) is 14.3. The molecule has 4 heteroatoms. The number of fused-ring (bicyclic) bond motifs is 2. The van der Waals surface area contributed by atoms with Crippen LogP contribution in [0.25, 0.3) is 33.8 Å². The van der Waals surface area contributed by atoms with Gasteiger partial charge in [-0.1, -0.05) is 98.8 Å². The molecular formula is C48H44N4. The first-order valence-corrected chi connectivity index (χ1v) is 18.5. The fourth-order valence-corrected chi connectivity index (χ4v) is 7.54. The maximum Gasteiger partial charge on any atom is 0.145 e. The molecule has 0 spiro atoms. The molecule has 0 radical (unpaired) electrons. The van der Waals surface area contributed by atoms with Crippen LogP contribution in [0, 0.1) is 0 Å². The van der Waals surface area contributed by atoms with Crippen LogP contribution in [-0.4, -0.2) is 15.3 Å². The number of aryl methyl sites for hydroxylation is 1. The van der Waals surface area contributed by atoms with E-state index in [1.54, 1.807) is 0 Å². The fraction of sp³-hybridized carbons (Fsp3) is 0.167. The van der Waals surface area contributed by atoms with E-state index in [1.807, 2.05) is 0 Å². The molecule has 0 saturated heterocycles. The van der Waals surface area contributed by atoms with Gasteiger partial charge in [0.1, 0.15) is 5.82 Å². The monoisotopic (exact) mass is 676 g/mol. The van der Waals surface area contributed by atoms with E-state index in [-0.39, 0.29) is 0 Å². The van der Waals surface area contributed by atoms with Gasteiger partial charge in [-0.25, -0.2) is 4.98 Å². The summed E-state index contributed by atoms with van der Waals surface area (Å²) in [7, 11) is 0. The lowest BCUT2D eigenvalue weighted by molar-refractivity contribution is 0.734. The van der Waals surface area contributed by atoms with Crippen LogP contribution in [-0.2, 0) is 6.42 Å². The molecule has 2 heterocycles. The van der Waals surface area contributed by atoms with E-state index in [9.17, 15) is 0 Å². The molecule has 256 valence electrons. The smallest absolute Gasteiger partial charge is 0.145 e. The van der Waals surface area contributed by atoms with Crippen molar-refractivity contribution in [2.24, 2.45) is 4.99 Å². The van der Waals surface area contributed by atoms with Gasteiger partial charge in [-0.05, 0) is 134 Å². The van der Waals surface area contributed by atoms with Gasteiger partial charge in [0.15, 0.2) is 0 Å². The first-order valence-electron chi connectivity index (χ1n) is 18.5. The average molecular weight is 677 g/mol. The summed E-state index contributed by atoms with van der Waals surface area (Å²) in [5, 5.41) is 0. The van der Waals surface area contributed by atoms with E-state index in [1.165, 1.54) is 28.1 Å². The topological polar surface area (TPSA) is 33.4 Å². The molecule has 0 saturated carbocycles. The van der Waals surface area contributed by atoms with Gasteiger partial charge in [0.05, 0.1) is 22.4 Å². The van der Waals surface area contributed by atoms with Gasteiger partial charge in [-0.2, -0.15) is 0 Å². The quantitative estimate of drug-likeness (QED) is 0.150.